The van der Waals surface area contributed by atoms with Gasteiger partial charge >= 0.3 is 0 Å². The summed E-state index contributed by atoms with van der Waals surface area (Å²) in [5.41, 5.74) is 4.72. The van der Waals surface area contributed by atoms with Gasteiger partial charge in [0.25, 0.3) is 0 Å². The molecule has 5 rings (SSSR count). The maximum Gasteiger partial charge on any atom is 0.175 e. The van der Waals surface area contributed by atoms with Crippen LogP contribution in [0.15, 0.2) is 54.6 Å². The summed E-state index contributed by atoms with van der Waals surface area (Å²) in [5.74, 6) is 2.15. The predicted octanol–water partition coefficient (Wildman–Crippen LogP) is 4.37. The van der Waals surface area contributed by atoms with Crippen molar-refractivity contribution in [3.8, 4) is 17.2 Å². The Kier molecular flexibility index (Phi) is 4.68. The van der Waals surface area contributed by atoms with Crippen molar-refractivity contribution in [2.45, 2.75) is 0 Å². The molecule has 0 unspecified atom stereocenters. The van der Waals surface area contributed by atoms with Crippen LogP contribution in [0, 0.1) is 0 Å². The van der Waals surface area contributed by atoms with Crippen LogP contribution in [0.3, 0.4) is 0 Å². The largest absolute Gasteiger partial charge is 0.497 e. The topological polar surface area (TPSA) is 77.5 Å². The number of aromatic nitrogens is 2. The molecule has 0 saturated heterocycles. The summed E-state index contributed by atoms with van der Waals surface area (Å²) in [6.45, 7) is 1.07. The highest BCUT2D eigenvalue weighted by Crippen LogP contribution is 2.34. The summed E-state index contributed by atoms with van der Waals surface area (Å²) < 4.78 is 16.5. The maximum atomic E-state index is 5.65. The Morgan fingerprint density at radius 1 is 0.833 bits per heavy atom. The molecule has 150 valence electrons. The second-order valence-electron chi connectivity index (χ2n) is 6.72. The number of ether oxygens (including phenoxy) is 3. The number of nitrogens with one attached hydrogen (secondary N) is 2. The Morgan fingerprint density at radius 3 is 2.17 bits per heavy atom. The Hall–Kier alpha value is -3.65. The smallest absolute Gasteiger partial charge is 0.175 e. The molecular weight excluding hydrogens is 400 g/mol. The van der Waals surface area contributed by atoms with Crippen molar-refractivity contribution in [2.75, 3.05) is 31.0 Å². The highest BCUT2D eigenvalue weighted by Gasteiger charge is 2.14. The van der Waals surface area contributed by atoms with E-state index in [1.165, 1.54) is 0 Å². The zero-order chi connectivity index (χ0) is 20.5. The van der Waals surface area contributed by atoms with Crippen molar-refractivity contribution >= 4 is 50.8 Å². The van der Waals surface area contributed by atoms with Crippen LogP contribution in [0.2, 0.25) is 0 Å². The first-order valence-electron chi connectivity index (χ1n) is 9.41. The quantitative estimate of drug-likeness (QED) is 0.375. The Bertz CT molecular complexity index is 1280. The van der Waals surface area contributed by atoms with E-state index in [4.69, 9.17) is 36.4 Å². The molecule has 30 heavy (non-hydrogen) atoms. The molecule has 0 aliphatic carbocycles. The van der Waals surface area contributed by atoms with E-state index in [1.807, 2.05) is 54.6 Å². The summed E-state index contributed by atoms with van der Waals surface area (Å²) in [6.07, 6.45) is 0. The number of anilines is 2. The van der Waals surface area contributed by atoms with E-state index in [-0.39, 0.29) is 0 Å². The molecule has 0 bridgehead atoms. The number of thiocarbonyl (C=S) groups is 1. The molecule has 0 atom stereocenters. The summed E-state index contributed by atoms with van der Waals surface area (Å²) >= 11 is 5.43. The van der Waals surface area contributed by atoms with Crippen molar-refractivity contribution in [1.29, 1.82) is 0 Å². The Labute approximate surface area is 178 Å². The maximum absolute atomic E-state index is 5.65. The van der Waals surface area contributed by atoms with Gasteiger partial charge in [0.1, 0.15) is 19.0 Å². The van der Waals surface area contributed by atoms with Gasteiger partial charge in [-0.15, -0.1) is 0 Å². The molecule has 8 heteroatoms. The number of nitrogens with zero attached hydrogens (tertiary/aromatic N) is 2. The molecule has 3 aromatic carbocycles. The number of hydrogen-bond acceptors (Lipinski definition) is 6. The Morgan fingerprint density at radius 2 is 1.47 bits per heavy atom. The number of hydrogen-bond donors (Lipinski definition) is 2. The van der Waals surface area contributed by atoms with Crippen molar-refractivity contribution < 1.29 is 14.2 Å². The van der Waals surface area contributed by atoms with E-state index in [0.29, 0.717) is 29.8 Å². The van der Waals surface area contributed by atoms with Gasteiger partial charge in [0.15, 0.2) is 16.6 Å². The lowest BCUT2D eigenvalue weighted by Crippen LogP contribution is -2.19. The zero-order valence-electron chi connectivity index (χ0n) is 16.1. The van der Waals surface area contributed by atoms with Crippen LogP contribution in [0.4, 0.5) is 11.4 Å². The van der Waals surface area contributed by atoms with E-state index >= 15 is 0 Å². The summed E-state index contributed by atoms with van der Waals surface area (Å²) in [7, 11) is 1.63. The van der Waals surface area contributed by atoms with Gasteiger partial charge in [0, 0.05) is 29.6 Å². The van der Waals surface area contributed by atoms with E-state index in [2.05, 4.69) is 10.6 Å². The minimum absolute atomic E-state index is 0.468. The summed E-state index contributed by atoms with van der Waals surface area (Å²) in [5, 5.41) is 6.80. The third kappa shape index (κ3) is 3.65. The lowest BCUT2D eigenvalue weighted by Gasteiger charge is -2.18. The molecule has 0 radical (unpaired) electrons. The second-order valence-corrected chi connectivity index (χ2v) is 7.13. The third-order valence-electron chi connectivity index (χ3n) is 4.68. The summed E-state index contributed by atoms with van der Waals surface area (Å²) in [4.78, 5) is 9.45. The highest BCUT2D eigenvalue weighted by molar-refractivity contribution is 7.80. The molecule has 0 saturated carbocycles. The molecule has 0 fully saturated rings. The van der Waals surface area contributed by atoms with E-state index in [9.17, 15) is 0 Å². The molecule has 1 aliphatic rings. The molecule has 1 aliphatic heterocycles. The van der Waals surface area contributed by atoms with Gasteiger partial charge in [0.2, 0.25) is 0 Å². The lowest BCUT2D eigenvalue weighted by molar-refractivity contribution is 0.172. The minimum Gasteiger partial charge on any atom is -0.497 e. The molecule has 4 aromatic rings. The fourth-order valence-electron chi connectivity index (χ4n) is 3.29. The van der Waals surface area contributed by atoms with Crippen LogP contribution in [0.25, 0.3) is 22.1 Å². The standard InChI is InChI=1S/C22H18N4O3S/c1-27-15-4-2-3-13(9-15)23-22(30)24-14-5-6-16-17(10-14)26-19-12-21-20(11-18(19)25-16)28-7-8-29-21/h2-6,9-12H,7-8H2,1H3,(H2,23,24,30). The van der Waals surface area contributed by atoms with Crippen molar-refractivity contribution in [3.63, 3.8) is 0 Å². The van der Waals surface area contributed by atoms with Gasteiger partial charge < -0.3 is 24.8 Å². The molecule has 2 heterocycles. The van der Waals surface area contributed by atoms with Crippen LogP contribution in [0.1, 0.15) is 0 Å². The van der Waals surface area contributed by atoms with Gasteiger partial charge in [0.05, 0.1) is 29.2 Å². The SMILES string of the molecule is COc1cccc(NC(=S)Nc2ccc3nc4cc5c(cc4nc3c2)OCCO5)c1. The average Bonchev–Trinajstić information content (AvgIpc) is 2.76. The molecule has 7 nitrogen and oxygen atoms in total. The fourth-order valence-corrected chi connectivity index (χ4v) is 3.52. The van der Waals surface area contributed by atoms with Gasteiger partial charge in [-0.05, 0) is 42.5 Å². The highest BCUT2D eigenvalue weighted by atomic mass is 32.1. The van der Waals surface area contributed by atoms with Gasteiger partial charge in [-0.25, -0.2) is 9.97 Å². The van der Waals surface area contributed by atoms with Crippen LogP contribution in [-0.4, -0.2) is 35.4 Å². The first-order valence-corrected chi connectivity index (χ1v) is 9.82. The minimum atomic E-state index is 0.468. The van der Waals surface area contributed by atoms with Gasteiger partial charge in [-0.2, -0.15) is 0 Å². The first-order chi connectivity index (χ1) is 14.7. The fraction of sp³-hybridized carbons (Fsp3) is 0.136. The van der Waals surface area contributed by atoms with E-state index in [1.54, 1.807) is 7.11 Å². The summed E-state index contributed by atoms with van der Waals surface area (Å²) in [6, 6.07) is 17.0. The van der Waals surface area contributed by atoms with Crippen LogP contribution < -0.4 is 24.8 Å². The normalized spacial score (nSPS) is 12.6. The van der Waals surface area contributed by atoms with Crippen LogP contribution in [-0.2, 0) is 0 Å². The monoisotopic (exact) mass is 418 g/mol. The molecular formula is C22H18N4O3S. The van der Waals surface area contributed by atoms with Crippen LogP contribution >= 0.6 is 12.2 Å². The van der Waals surface area contributed by atoms with Crippen molar-refractivity contribution in [1.82, 2.24) is 9.97 Å². The number of benzene rings is 3. The molecule has 0 spiro atoms. The number of fused-ring (bicyclic) bond motifs is 3. The Balaban J connectivity index is 1.40. The third-order valence-corrected chi connectivity index (χ3v) is 4.89. The molecule has 0 amide bonds. The van der Waals surface area contributed by atoms with Gasteiger partial charge in [-0.1, -0.05) is 6.07 Å². The number of rotatable bonds is 3. The average molecular weight is 418 g/mol. The predicted molar refractivity (Wildman–Crippen MR) is 121 cm³/mol. The first kappa shape index (κ1) is 18.4. The van der Waals surface area contributed by atoms with Crippen LogP contribution in [0.5, 0.6) is 17.2 Å². The second kappa shape index (κ2) is 7.64. The zero-order valence-corrected chi connectivity index (χ0v) is 17.0. The lowest BCUT2D eigenvalue weighted by atomic mass is 10.2. The van der Waals surface area contributed by atoms with E-state index < -0.39 is 0 Å². The number of methoxy groups -OCH3 is 1. The van der Waals surface area contributed by atoms with Gasteiger partial charge in [-0.3, -0.25) is 0 Å². The van der Waals surface area contributed by atoms with Crippen molar-refractivity contribution in [2.24, 2.45) is 0 Å². The molecule has 1 aromatic heterocycles. The molecule has 2 N–H and O–H groups in total. The van der Waals surface area contributed by atoms with Crippen molar-refractivity contribution in [3.05, 3.63) is 54.6 Å². The van der Waals surface area contributed by atoms with E-state index in [0.717, 1.165) is 39.2 Å².